The van der Waals surface area contributed by atoms with Gasteiger partial charge in [-0.2, -0.15) is 13.2 Å². The van der Waals surface area contributed by atoms with Crippen LogP contribution >= 0.6 is 24.0 Å². The molecule has 3 nitrogen and oxygen atoms in total. The van der Waals surface area contributed by atoms with Gasteiger partial charge in [0.2, 0.25) is 0 Å². The Bertz CT molecular complexity index is 577. The fourth-order valence-electron chi connectivity index (χ4n) is 1.44. The molecule has 18 heavy (non-hydrogen) atoms. The van der Waals surface area contributed by atoms with Gasteiger partial charge in [0.15, 0.2) is 0 Å². The molecule has 1 aromatic rings. The highest BCUT2D eigenvalue weighted by Crippen LogP contribution is 2.39. The summed E-state index contributed by atoms with van der Waals surface area (Å²) >= 11 is 6.02. The van der Waals surface area contributed by atoms with E-state index < -0.39 is 17.2 Å². The van der Waals surface area contributed by atoms with E-state index in [-0.39, 0.29) is 17.3 Å². The van der Waals surface area contributed by atoms with Gasteiger partial charge >= 0.3 is 6.18 Å². The van der Waals surface area contributed by atoms with Crippen molar-refractivity contribution in [3.8, 4) is 0 Å². The van der Waals surface area contributed by atoms with E-state index >= 15 is 0 Å². The second-order valence-electron chi connectivity index (χ2n) is 4.47. The Kier molecular flexibility index (Phi) is 3.05. The predicted octanol–water partition coefficient (Wildman–Crippen LogP) is 2.59. The second-order valence-corrected chi connectivity index (χ2v) is 6.31. The van der Waals surface area contributed by atoms with Gasteiger partial charge in [-0.05, 0) is 13.8 Å². The molecule has 0 amide bonds. The molecular weight excluding hydrogens is 285 g/mol. The molecule has 0 fully saturated rings. The first-order valence-corrected chi connectivity index (χ1v) is 6.26. The van der Waals surface area contributed by atoms with Gasteiger partial charge in [-0.15, -0.1) is 0 Å². The molecule has 0 saturated heterocycles. The molecule has 0 saturated carbocycles. The van der Waals surface area contributed by atoms with E-state index in [1.165, 1.54) is 0 Å². The lowest BCUT2D eigenvalue weighted by atomic mass is 9.91. The van der Waals surface area contributed by atoms with Crippen molar-refractivity contribution in [1.82, 2.24) is 9.97 Å². The largest absolute Gasteiger partial charge is 0.400 e. The average Bonchev–Trinajstić information content (AvgIpc) is 2.57. The molecule has 0 aromatic carbocycles. The molecule has 2 rings (SSSR count). The van der Waals surface area contributed by atoms with Crippen molar-refractivity contribution < 1.29 is 13.2 Å². The minimum atomic E-state index is -4.49. The van der Waals surface area contributed by atoms with Crippen LogP contribution in [0.15, 0.2) is 9.82 Å². The van der Waals surface area contributed by atoms with Crippen LogP contribution in [0.5, 0.6) is 0 Å². The first-order valence-electron chi connectivity index (χ1n) is 5.04. The number of thiocarbonyl (C=S) groups is 1. The lowest BCUT2D eigenvalue weighted by molar-refractivity contribution is -0.182. The van der Waals surface area contributed by atoms with Crippen molar-refractivity contribution in [3.05, 3.63) is 21.7 Å². The van der Waals surface area contributed by atoms with Crippen molar-refractivity contribution in [2.75, 3.05) is 0 Å². The predicted molar refractivity (Wildman–Crippen MR) is 66.1 cm³/mol. The molecule has 0 radical (unpaired) electrons. The molecule has 1 aromatic heterocycles. The minimum Gasteiger partial charge on any atom is -0.309 e. The summed E-state index contributed by atoms with van der Waals surface area (Å²) < 4.78 is 39.2. The van der Waals surface area contributed by atoms with Crippen molar-refractivity contribution in [3.63, 3.8) is 0 Å². The van der Waals surface area contributed by atoms with Gasteiger partial charge in [0.05, 0.1) is 9.76 Å². The number of nitrogens with one attached hydrogen (secondary N) is 1. The molecule has 0 unspecified atom stereocenters. The van der Waals surface area contributed by atoms with E-state index in [1.807, 2.05) is 0 Å². The molecule has 0 aliphatic carbocycles. The highest BCUT2D eigenvalue weighted by atomic mass is 32.2. The summed E-state index contributed by atoms with van der Waals surface area (Å²) in [6, 6.07) is 0. The molecule has 1 N–H and O–H groups in total. The van der Waals surface area contributed by atoms with Crippen molar-refractivity contribution in [2.45, 2.75) is 36.9 Å². The third-order valence-electron chi connectivity index (χ3n) is 2.81. The fraction of sp³-hybridized carbons (Fsp3) is 0.500. The molecule has 0 atom stereocenters. The van der Waals surface area contributed by atoms with Crippen molar-refractivity contribution in [2.24, 2.45) is 0 Å². The van der Waals surface area contributed by atoms with Gasteiger partial charge in [0, 0.05) is 6.42 Å². The van der Waals surface area contributed by atoms with Crippen LogP contribution in [0.3, 0.4) is 0 Å². The van der Waals surface area contributed by atoms with Gasteiger partial charge < -0.3 is 4.98 Å². The molecule has 0 bridgehead atoms. The molecule has 0 spiro atoms. The highest BCUT2D eigenvalue weighted by molar-refractivity contribution is 8.23. The summed E-state index contributed by atoms with van der Waals surface area (Å²) in [6.07, 6.45) is -4.20. The number of H-pyrrole nitrogens is 1. The number of rotatable bonds is 1. The van der Waals surface area contributed by atoms with Crippen LogP contribution in [0.2, 0.25) is 0 Å². The molecule has 8 heteroatoms. The van der Waals surface area contributed by atoms with Crippen LogP contribution in [0.1, 0.15) is 25.2 Å². The zero-order chi connectivity index (χ0) is 13.7. The maximum absolute atomic E-state index is 12.9. The normalized spacial score (nSPS) is 15.9. The van der Waals surface area contributed by atoms with Gasteiger partial charge in [0.25, 0.3) is 5.56 Å². The second kappa shape index (κ2) is 4.06. The first kappa shape index (κ1) is 13.5. The van der Waals surface area contributed by atoms with Gasteiger partial charge in [-0.3, -0.25) is 4.79 Å². The van der Waals surface area contributed by atoms with Crippen LogP contribution in [0.4, 0.5) is 13.2 Å². The van der Waals surface area contributed by atoms with Crippen LogP contribution in [-0.4, -0.2) is 20.3 Å². The zero-order valence-electron chi connectivity index (χ0n) is 9.51. The summed E-state index contributed by atoms with van der Waals surface area (Å²) in [7, 11) is 0. The van der Waals surface area contributed by atoms with Crippen molar-refractivity contribution in [1.29, 1.82) is 0 Å². The number of halogens is 3. The highest BCUT2D eigenvalue weighted by Gasteiger charge is 2.50. The Hall–Kier alpha value is -0.890. The van der Waals surface area contributed by atoms with Gasteiger partial charge in [-0.1, -0.05) is 24.0 Å². The molecule has 98 valence electrons. The lowest BCUT2D eigenvalue weighted by Gasteiger charge is -2.26. The van der Waals surface area contributed by atoms with E-state index in [1.54, 1.807) is 0 Å². The smallest absolute Gasteiger partial charge is 0.309 e. The summed E-state index contributed by atoms with van der Waals surface area (Å²) in [4.78, 5) is 17.8. The zero-order valence-corrected chi connectivity index (χ0v) is 11.1. The Morgan fingerprint density at radius 1 is 1.39 bits per heavy atom. The van der Waals surface area contributed by atoms with Crippen LogP contribution in [0, 0.1) is 0 Å². The number of hydrogen-bond donors (Lipinski definition) is 1. The number of fused-ring (bicyclic) bond motifs is 1. The molecule has 1 aliphatic heterocycles. The summed E-state index contributed by atoms with van der Waals surface area (Å²) in [5, 5.41) is 0.288. The fourth-order valence-corrected chi connectivity index (χ4v) is 2.67. The molecule has 1 aliphatic rings. The Balaban J connectivity index is 2.57. The van der Waals surface area contributed by atoms with E-state index in [9.17, 15) is 18.0 Å². The topological polar surface area (TPSA) is 45.8 Å². The number of hydrogen-bond acceptors (Lipinski definition) is 4. The number of aromatic amines is 1. The van der Waals surface area contributed by atoms with E-state index in [0.29, 0.717) is 9.76 Å². The van der Waals surface area contributed by atoms with E-state index in [0.717, 1.165) is 25.6 Å². The summed E-state index contributed by atoms with van der Waals surface area (Å²) in [5.74, 6) is -0.379. The Morgan fingerprint density at radius 2 is 2.00 bits per heavy atom. The minimum absolute atomic E-state index is 0.282. The van der Waals surface area contributed by atoms with Gasteiger partial charge in [0.1, 0.15) is 16.3 Å². The molecule has 2 heterocycles. The lowest BCUT2D eigenvalue weighted by Crippen LogP contribution is -2.39. The van der Waals surface area contributed by atoms with E-state index in [2.05, 4.69) is 9.97 Å². The Labute approximate surface area is 110 Å². The van der Waals surface area contributed by atoms with Crippen LogP contribution in [0.25, 0.3) is 0 Å². The van der Waals surface area contributed by atoms with E-state index in [4.69, 9.17) is 12.2 Å². The SMILES string of the molecule is CC(C)(c1nc2c(c(=O)[nH]1)CC(=S)S2)C(F)(F)F. The molecular formula is C10H9F3N2OS2. The average molecular weight is 294 g/mol. The first-order chi connectivity index (χ1) is 8.13. The number of aromatic nitrogens is 2. The number of alkyl halides is 3. The quantitative estimate of drug-likeness (QED) is 0.639. The maximum atomic E-state index is 12.9. The number of nitrogens with zero attached hydrogens (tertiary/aromatic N) is 1. The Morgan fingerprint density at radius 3 is 2.56 bits per heavy atom. The van der Waals surface area contributed by atoms with Crippen LogP contribution < -0.4 is 5.56 Å². The maximum Gasteiger partial charge on any atom is 0.400 e. The van der Waals surface area contributed by atoms with Gasteiger partial charge in [-0.25, -0.2) is 4.98 Å². The van der Waals surface area contributed by atoms with Crippen molar-refractivity contribution >= 4 is 28.2 Å². The third kappa shape index (κ3) is 2.07. The monoisotopic (exact) mass is 294 g/mol. The number of thioether (sulfide) groups is 1. The summed E-state index contributed by atoms with van der Waals surface area (Å²) in [6.45, 7) is 1.96. The summed E-state index contributed by atoms with van der Waals surface area (Å²) in [5.41, 5.74) is -2.39. The third-order valence-corrected chi connectivity index (χ3v) is 4.11. The standard InChI is InChI=1S/C10H9F3N2OS2/c1-9(2,10(11,12)13)8-14-6(16)4-3-5(17)18-7(4)15-8/h3H2,1-2H3,(H,14,15,16). The van der Waals surface area contributed by atoms with Crippen LogP contribution in [-0.2, 0) is 11.8 Å².